The van der Waals surface area contributed by atoms with Crippen molar-refractivity contribution in [2.24, 2.45) is 0 Å². The van der Waals surface area contributed by atoms with E-state index in [1.54, 1.807) is 7.11 Å². The first-order valence-corrected chi connectivity index (χ1v) is 8.85. The van der Waals surface area contributed by atoms with Crippen LogP contribution < -0.4 is 4.74 Å². The van der Waals surface area contributed by atoms with Gasteiger partial charge in [0.15, 0.2) is 0 Å². The average molecular weight is 334 g/mol. The zero-order valence-corrected chi connectivity index (χ0v) is 15.1. The van der Waals surface area contributed by atoms with Gasteiger partial charge in [-0.2, -0.15) is 0 Å². The quantitative estimate of drug-likeness (QED) is 0.828. The van der Waals surface area contributed by atoms with E-state index in [-0.39, 0.29) is 5.91 Å². The Morgan fingerprint density at radius 1 is 1.21 bits per heavy atom. The second-order valence-corrected chi connectivity index (χ2v) is 6.62. The molecule has 1 N–H and O–H groups in total. The smallest absolute Gasteiger partial charge is 0.227 e. The van der Waals surface area contributed by atoms with Crippen LogP contribution >= 0.6 is 0 Å². The first-order chi connectivity index (χ1) is 11.5. The van der Waals surface area contributed by atoms with E-state index >= 15 is 0 Å². The monoisotopic (exact) mass is 334 g/mol. The third kappa shape index (κ3) is 4.95. The maximum Gasteiger partial charge on any atom is 0.227 e. The van der Waals surface area contributed by atoms with Crippen LogP contribution in [0.3, 0.4) is 0 Å². The zero-order chi connectivity index (χ0) is 17.6. The average Bonchev–Trinajstić information content (AvgIpc) is 2.62. The number of benzene rings is 1. The molecule has 0 atom stereocenters. The number of ether oxygens (including phenoxy) is 1. The highest BCUT2D eigenvalue weighted by molar-refractivity contribution is 5.79. The Morgan fingerprint density at radius 2 is 1.88 bits per heavy atom. The van der Waals surface area contributed by atoms with Gasteiger partial charge in [-0.05, 0) is 30.5 Å². The highest BCUT2D eigenvalue weighted by Crippen LogP contribution is 2.18. The van der Waals surface area contributed by atoms with Crippen molar-refractivity contribution in [1.82, 2.24) is 9.80 Å². The number of carbonyl (C=O) groups is 1. The Labute approximate surface area is 145 Å². The van der Waals surface area contributed by atoms with Crippen molar-refractivity contribution in [3.8, 4) is 5.75 Å². The molecule has 1 aliphatic rings. The van der Waals surface area contributed by atoms with E-state index in [9.17, 15) is 9.90 Å². The predicted octanol–water partition coefficient (Wildman–Crippen LogP) is 1.93. The number of nitrogens with zero attached hydrogens (tertiary/aromatic N) is 2. The van der Waals surface area contributed by atoms with Crippen LogP contribution in [-0.4, -0.2) is 66.2 Å². The Morgan fingerprint density at radius 3 is 2.46 bits per heavy atom. The van der Waals surface area contributed by atoms with Gasteiger partial charge in [-0.1, -0.05) is 26.0 Å². The molecule has 1 saturated heterocycles. The molecular weight excluding hydrogens is 304 g/mol. The summed E-state index contributed by atoms with van der Waals surface area (Å²) in [6.45, 7) is 7.85. The van der Waals surface area contributed by atoms with Crippen LogP contribution in [0.15, 0.2) is 24.3 Å². The van der Waals surface area contributed by atoms with Gasteiger partial charge in [-0.25, -0.2) is 0 Å². The van der Waals surface area contributed by atoms with Gasteiger partial charge in [0.05, 0.1) is 19.1 Å². The Bertz CT molecular complexity index is 535. The van der Waals surface area contributed by atoms with Crippen molar-refractivity contribution in [3.05, 3.63) is 29.8 Å². The number of aliphatic hydroxyl groups is 1. The van der Waals surface area contributed by atoms with E-state index < -0.39 is 5.60 Å². The number of hydrogen-bond acceptors (Lipinski definition) is 4. The number of hydrogen-bond donors (Lipinski definition) is 1. The third-order valence-electron chi connectivity index (χ3n) is 5.05. The van der Waals surface area contributed by atoms with E-state index in [1.165, 1.54) is 0 Å². The van der Waals surface area contributed by atoms with E-state index in [0.717, 1.165) is 50.3 Å². The van der Waals surface area contributed by atoms with Gasteiger partial charge in [-0.15, -0.1) is 0 Å². The molecule has 134 valence electrons. The van der Waals surface area contributed by atoms with Crippen LogP contribution in [0.5, 0.6) is 5.75 Å². The second kappa shape index (κ2) is 8.49. The summed E-state index contributed by atoms with van der Waals surface area (Å²) < 4.78 is 5.21. The van der Waals surface area contributed by atoms with E-state index in [4.69, 9.17) is 4.74 Å². The molecule has 1 amide bonds. The molecule has 1 fully saturated rings. The summed E-state index contributed by atoms with van der Waals surface area (Å²) in [5.74, 6) is 0.938. The molecule has 1 aromatic rings. The molecule has 5 heteroatoms. The van der Waals surface area contributed by atoms with Gasteiger partial charge >= 0.3 is 0 Å². The summed E-state index contributed by atoms with van der Waals surface area (Å²) in [6, 6.07) is 7.67. The summed E-state index contributed by atoms with van der Waals surface area (Å²) in [4.78, 5) is 16.7. The van der Waals surface area contributed by atoms with Gasteiger partial charge in [0.2, 0.25) is 5.91 Å². The van der Waals surface area contributed by atoms with Crippen molar-refractivity contribution in [1.29, 1.82) is 0 Å². The molecule has 0 bridgehead atoms. The van der Waals surface area contributed by atoms with Crippen LogP contribution in [0, 0.1) is 0 Å². The molecule has 1 aliphatic heterocycles. The predicted molar refractivity (Wildman–Crippen MR) is 95.2 cm³/mol. The Kier molecular flexibility index (Phi) is 6.63. The van der Waals surface area contributed by atoms with Crippen LogP contribution in [-0.2, 0) is 11.2 Å². The lowest BCUT2D eigenvalue weighted by Gasteiger charge is -2.39. The van der Waals surface area contributed by atoms with Gasteiger partial charge in [0.1, 0.15) is 5.75 Å². The normalized spacial score (nSPS) is 16.2. The summed E-state index contributed by atoms with van der Waals surface area (Å²) in [7, 11) is 1.63. The van der Waals surface area contributed by atoms with Crippen molar-refractivity contribution >= 4 is 5.91 Å². The van der Waals surface area contributed by atoms with Crippen molar-refractivity contribution in [3.63, 3.8) is 0 Å². The molecule has 1 heterocycles. The van der Waals surface area contributed by atoms with Crippen molar-refractivity contribution in [2.75, 3.05) is 39.8 Å². The fourth-order valence-electron chi connectivity index (χ4n) is 3.11. The van der Waals surface area contributed by atoms with E-state index in [0.29, 0.717) is 13.0 Å². The number of β-amino-alcohol motifs (C(OH)–C–C–N with tert-alkyl or cyclic N) is 1. The number of amides is 1. The number of methoxy groups -OCH3 is 1. The molecule has 0 radical (unpaired) electrons. The molecule has 0 unspecified atom stereocenters. The minimum Gasteiger partial charge on any atom is -0.497 e. The molecule has 1 aromatic carbocycles. The Hall–Kier alpha value is -1.59. The fraction of sp³-hybridized carbons (Fsp3) is 0.632. The van der Waals surface area contributed by atoms with Gasteiger partial charge in [0.25, 0.3) is 0 Å². The van der Waals surface area contributed by atoms with Crippen LogP contribution in [0.25, 0.3) is 0 Å². The maximum atomic E-state index is 12.5. The van der Waals surface area contributed by atoms with Crippen molar-refractivity contribution in [2.45, 2.75) is 38.7 Å². The molecule has 0 aliphatic carbocycles. The largest absolute Gasteiger partial charge is 0.497 e. The third-order valence-corrected chi connectivity index (χ3v) is 5.05. The molecule has 24 heavy (non-hydrogen) atoms. The van der Waals surface area contributed by atoms with Gasteiger partial charge in [-0.3, -0.25) is 9.69 Å². The highest BCUT2D eigenvalue weighted by atomic mass is 16.5. The highest BCUT2D eigenvalue weighted by Gasteiger charge is 2.28. The molecule has 0 saturated carbocycles. The van der Waals surface area contributed by atoms with Crippen LogP contribution in [0.4, 0.5) is 0 Å². The summed E-state index contributed by atoms with van der Waals surface area (Å²) >= 11 is 0. The molecule has 2 rings (SSSR count). The molecular formula is C19H30N2O3. The second-order valence-electron chi connectivity index (χ2n) is 6.62. The topological polar surface area (TPSA) is 53.0 Å². The summed E-state index contributed by atoms with van der Waals surface area (Å²) in [6.07, 6.45) is 1.93. The maximum absolute atomic E-state index is 12.5. The number of rotatable bonds is 7. The molecule has 0 aromatic heterocycles. The van der Waals surface area contributed by atoms with Crippen LogP contribution in [0.2, 0.25) is 0 Å². The lowest BCUT2D eigenvalue weighted by atomic mass is 9.96. The van der Waals surface area contributed by atoms with Gasteiger partial charge in [0, 0.05) is 32.7 Å². The summed E-state index contributed by atoms with van der Waals surface area (Å²) in [5.41, 5.74) is 0.375. The molecule has 5 nitrogen and oxygen atoms in total. The number of piperazine rings is 1. The van der Waals surface area contributed by atoms with Crippen LogP contribution in [0.1, 0.15) is 32.3 Å². The lowest BCUT2D eigenvalue weighted by molar-refractivity contribution is -0.132. The molecule has 0 spiro atoms. The minimum absolute atomic E-state index is 0.157. The Balaban J connectivity index is 1.84. The number of carbonyl (C=O) groups excluding carboxylic acids is 1. The summed E-state index contributed by atoms with van der Waals surface area (Å²) in [5, 5.41) is 10.5. The zero-order valence-electron chi connectivity index (χ0n) is 15.1. The first kappa shape index (κ1) is 18.7. The minimum atomic E-state index is -0.604. The van der Waals surface area contributed by atoms with Gasteiger partial charge < -0.3 is 14.7 Å². The van der Waals surface area contributed by atoms with E-state index in [2.05, 4.69) is 4.90 Å². The fourth-order valence-corrected chi connectivity index (χ4v) is 3.11. The first-order valence-electron chi connectivity index (χ1n) is 8.85. The standard InChI is InChI=1S/C19H30N2O3/c1-4-19(23,5-2)15-20-9-11-21(12-10-20)18(22)14-16-7-6-8-17(13-16)24-3/h6-8,13,23H,4-5,9-12,14-15H2,1-3H3. The SMILES string of the molecule is CCC(O)(CC)CN1CCN(C(=O)Cc2cccc(OC)c2)CC1. The lowest BCUT2D eigenvalue weighted by Crippen LogP contribution is -2.53. The van der Waals surface area contributed by atoms with Crippen molar-refractivity contribution < 1.29 is 14.6 Å². The van der Waals surface area contributed by atoms with E-state index in [1.807, 2.05) is 43.0 Å².